The monoisotopic (exact) mass is 252 g/mol. The molecule has 0 aromatic rings. The van der Waals surface area contributed by atoms with E-state index in [1.54, 1.807) is 0 Å². The summed E-state index contributed by atoms with van der Waals surface area (Å²) in [5, 5.41) is 0. The number of nitrogens with two attached hydrogens (primary N) is 1. The smallest absolute Gasteiger partial charge is 0.0118 e. The lowest BCUT2D eigenvalue weighted by atomic mass is 9.80. The van der Waals surface area contributed by atoms with Gasteiger partial charge in [-0.25, -0.2) is 0 Å². The average molecular weight is 252 g/mol. The number of nitrogens with zero attached hydrogens (tertiary/aromatic N) is 1. The van der Waals surface area contributed by atoms with Gasteiger partial charge in [-0.3, -0.25) is 0 Å². The molecular formula is C16H32N2. The zero-order valence-electron chi connectivity index (χ0n) is 12.4. The first-order chi connectivity index (χ1) is 8.70. The van der Waals surface area contributed by atoms with Gasteiger partial charge in [-0.2, -0.15) is 0 Å². The molecule has 0 amide bonds. The van der Waals surface area contributed by atoms with Crippen LogP contribution in [0.15, 0.2) is 0 Å². The van der Waals surface area contributed by atoms with Gasteiger partial charge < -0.3 is 10.6 Å². The lowest BCUT2D eigenvalue weighted by Crippen LogP contribution is -2.42. The molecule has 2 nitrogen and oxygen atoms in total. The molecule has 0 saturated heterocycles. The molecule has 0 bridgehead atoms. The summed E-state index contributed by atoms with van der Waals surface area (Å²) >= 11 is 0. The van der Waals surface area contributed by atoms with E-state index in [1.807, 2.05) is 0 Å². The van der Waals surface area contributed by atoms with Crippen LogP contribution >= 0.6 is 0 Å². The Kier molecular flexibility index (Phi) is 5.50. The maximum absolute atomic E-state index is 5.77. The van der Waals surface area contributed by atoms with Crippen LogP contribution in [0.5, 0.6) is 0 Å². The highest BCUT2D eigenvalue weighted by Crippen LogP contribution is 2.32. The van der Waals surface area contributed by atoms with Crippen molar-refractivity contribution in [3.8, 4) is 0 Å². The Balaban J connectivity index is 1.75. The van der Waals surface area contributed by atoms with Crippen molar-refractivity contribution in [2.75, 3.05) is 20.1 Å². The van der Waals surface area contributed by atoms with Gasteiger partial charge in [-0.15, -0.1) is 0 Å². The van der Waals surface area contributed by atoms with Crippen LogP contribution in [0.25, 0.3) is 0 Å². The Morgan fingerprint density at radius 3 is 2.17 bits per heavy atom. The van der Waals surface area contributed by atoms with Crippen LogP contribution in [0, 0.1) is 17.8 Å². The van der Waals surface area contributed by atoms with Crippen molar-refractivity contribution in [1.82, 2.24) is 4.90 Å². The largest absolute Gasteiger partial charge is 0.330 e. The fourth-order valence-electron chi connectivity index (χ4n) is 4.14. The molecule has 0 aromatic heterocycles. The zero-order chi connectivity index (χ0) is 13.0. The molecule has 2 atom stereocenters. The predicted octanol–water partition coefficient (Wildman–Crippen LogP) is 3.26. The van der Waals surface area contributed by atoms with Gasteiger partial charge in [-0.1, -0.05) is 19.8 Å². The van der Waals surface area contributed by atoms with Crippen LogP contribution in [0.4, 0.5) is 0 Å². The molecule has 2 N–H and O–H groups in total. The van der Waals surface area contributed by atoms with E-state index in [2.05, 4.69) is 18.9 Å². The Morgan fingerprint density at radius 1 is 0.944 bits per heavy atom. The third-order valence-electron chi connectivity index (χ3n) is 5.48. The van der Waals surface area contributed by atoms with E-state index < -0.39 is 0 Å². The highest BCUT2D eigenvalue weighted by molar-refractivity contribution is 4.82. The number of hydrogen-bond acceptors (Lipinski definition) is 2. The molecular weight excluding hydrogens is 220 g/mol. The van der Waals surface area contributed by atoms with Gasteiger partial charge >= 0.3 is 0 Å². The fraction of sp³-hybridized carbons (Fsp3) is 1.00. The van der Waals surface area contributed by atoms with Crippen LogP contribution < -0.4 is 5.73 Å². The summed E-state index contributed by atoms with van der Waals surface area (Å²) < 4.78 is 0. The molecule has 18 heavy (non-hydrogen) atoms. The van der Waals surface area contributed by atoms with Crippen molar-refractivity contribution in [1.29, 1.82) is 0 Å². The minimum absolute atomic E-state index is 0.820. The van der Waals surface area contributed by atoms with Gasteiger partial charge in [0.05, 0.1) is 0 Å². The maximum Gasteiger partial charge on any atom is 0.0118 e. The molecule has 2 heteroatoms. The fourth-order valence-corrected chi connectivity index (χ4v) is 4.14. The van der Waals surface area contributed by atoms with Crippen molar-refractivity contribution in [2.45, 2.75) is 64.3 Å². The quantitative estimate of drug-likeness (QED) is 0.832. The van der Waals surface area contributed by atoms with Gasteiger partial charge in [0.1, 0.15) is 0 Å². The average Bonchev–Trinajstić information content (AvgIpc) is 2.40. The summed E-state index contributed by atoms with van der Waals surface area (Å²) in [6, 6.07) is 0.853. The van der Waals surface area contributed by atoms with Crippen LogP contribution in [0.3, 0.4) is 0 Å². The molecule has 0 radical (unpaired) electrons. The van der Waals surface area contributed by atoms with Gasteiger partial charge in [-0.05, 0) is 69.9 Å². The lowest BCUT2D eigenvalue weighted by Gasteiger charge is -2.39. The van der Waals surface area contributed by atoms with Gasteiger partial charge in [0.15, 0.2) is 0 Å². The Hall–Kier alpha value is -0.0800. The molecule has 2 saturated carbocycles. The second-order valence-electron chi connectivity index (χ2n) is 6.89. The molecule has 2 unspecified atom stereocenters. The predicted molar refractivity (Wildman–Crippen MR) is 78.6 cm³/mol. The van der Waals surface area contributed by atoms with Crippen molar-refractivity contribution in [3.05, 3.63) is 0 Å². The van der Waals surface area contributed by atoms with E-state index in [4.69, 9.17) is 5.73 Å². The van der Waals surface area contributed by atoms with Crippen molar-refractivity contribution < 1.29 is 0 Å². The summed E-state index contributed by atoms with van der Waals surface area (Å²) in [5.74, 6) is 2.66. The molecule has 2 aliphatic rings. The second-order valence-corrected chi connectivity index (χ2v) is 6.89. The molecule has 0 spiro atoms. The third-order valence-corrected chi connectivity index (χ3v) is 5.48. The van der Waals surface area contributed by atoms with E-state index in [1.165, 1.54) is 57.9 Å². The highest BCUT2D eigenvalue weighted by Gasteiger charge is 2.28. The van der Waals surface area contributed by atoms with Crippen LogP contribution in [0.2, 0.25) is 0 Å². The summed E-state index contributed by atoms with van der Waals surface area (Å²) in [4.78, 5) is 2.68. The van der Waals surface area contributed by atoms with Gasteiger partial charge in [0.2, 0.25) is 0 Å². The second kappa shape index (κ2) is 6.91. The molecule has 0 aromatic carbocycles. The number of hydrogen-bond donors (Lipinski definition) is 1. The molecule has 2 aliphatic carbocycles. The van der Waals surface area contributed by atoms with E-state index in [9.17, 15) is 0 Å². The topological polar surface area (TPSA) is 29.3 Å². The normalized spacial score (nSPS) is 38.0. The summed E-state index contributed by atoms with van der Waals surface area (Å²) in [5.41, 5.74) is 5.77. The minimum Gasteiger partial charge on any atom is -0.330 e. The van der Waals surface area contributed by atoms with E-state index in [-0.39, 0.29) is 0 Å². The Morgan fingerprint density at radius 2 is 1.56 bits per heavy atom. The Labute approximate surface area is 113 Å². The Bertz CT molecular complexity index is 233. The standard InChI is InChI=1S/C16H32N2/c1-13-5-3-4-6-16(13)18(2)12-15-9-7-14(11-17)8-10-15/h13-16H,3-12,17H2,1-2H3. The summed E-state index contributed by atoms with van der Waals surface area (Å²) in [6.07, 6.45) is 11.3. The SMILES string of the molecule is CC1CCCCC1N(C)CC1CCC(CN)CC1. The van der Waals surface area contributed by atoms with Crippen LogP contribution in [-0.2, 0) is 0 Å². The number of rotatable bonds is 4. The first kappa shape index (κ1) is 14.3. The summed E-state index contributed by atoms with van der Waals surface area (Å²) in [6.45, 7) is 4.68. The first-order valence-electron chi connectivity index (χ1n) is 8.11. The third kappa shape index (κ3) is 3.71. The molecule has 0 heterocycles. The summed E-state index contributed by atoms with van der Waals surface area (Å²) in [7, 11) is 2.36. The molecule has 2 fully saturated rings. The van der Waals surface area contributed by atoms with Crippen LogP contribution in [-0.4, -0.2) is 31.1 Å². The van der Waals surface area contributed by atoms with Crippen LogP contribution in [0.1, 0.15) is 58.3 Å². The van der Waals surface area contributed by atoms with Crippen molar-refractivity contribution in [3.63, 3.8) is 0 Å². The molecule has 106 valence electrons. The molecule has 2 rings (SSSR count). The van der Waals surface area contributed by atoms with E-state index >= 15 is 0 Å². The lowest BCUT2D eigenvalue weighted by molar-refractivity contribution is 0.106. The van der Waals surface area contributed by atoms with Crippen molar-refractivity contribution >= 4 is 0 Å². The molecule has 0 aliphatic heterocycles. The van der Waals surface area contributed by atoms with Gasteiger partial charge in [0, 0.05) is 12.6 Å². The first-order valence-corrected chi connectivity index (χ1v) is 8.11. The van der Waals surface area contributed by atoms with E-state index in [0.717, 1.165) is 30.3 Å². The van der Waals surface area contributed by atoms with Crippen molar-refractivity contribution in [2.24, 2.45) is 23.5 Å². The van der Waals surface area contributed by atoms with E-state index in [0.29, 0.717) is 0 Å². The zero-order valence-corrected chi connectivity index (χ0v) is 12.4. The highest BCUT2D eigenvalue weighted by atomic mass is 15.1. The maximum atomic E-state index is 5.77. The van der Waals surface area contributed by atoms with Gasteiger partial charge in [0.25, 0.3) is 0 Å². The minimum atomic E-state index is 0.820.